The van der Waals surface area contributed by atoms with Crippen molar-refractivity contribution in [2.45, 2.75) is 39.2 Å². The Hall–Kier alpha value is -4.59. The van der Waals surface area contributed by atoms with Crippen molar-refractivity contribution in [1.29, 1.82) is 0 Å². The number of aliphatic carboxylic acids is 1. The SMILES string of the molecule is CCc1ccc(OC(=O)N2C[C@@H](Cc3cccc(OCCc4nc(-c5ccccc5)oc4C)c3)[C@H]2C(=O)O)cc1. The minimum absolute atomic E-state index is 0.225. The number of carboxylic acids is 1. The molecule has 1 aliphatic heterocycles. The first-order valence-corrected chi connectivity index (χ1v) is 13.4. The maximum absolute atomic E-state index is 12.7. The van der Waals surface area contributed by atoms with Gasteiger partial charge in [0, 0.05) is 24.4 Å². The molecule has 1 aromatic heterocycles. The van der Waals surface area contributed by atoms with E-state index in [9.17, 15) is 14.7 Å². The quantitative estimate of drug-likeness (QED) is 0.265. The number of oxazole rings is 1. The second kappa shape index (κ2) is 12.1. The minimum atomic E-state index is -1.04. The van der Waals surface area contributed by atoms with E-state index in [2.05, 4.69) is 4.98 Å². The number of carbonyl (C=O) groups excluding carboxylic acids is 1. The molecule has 0 aliphatic carbocycles. The lowest BCUT2D eigenvalue weighted by atomic mass is 9.83. The smallest absolute Gasteiger partial charge is 0.416 e. The fraction of sp³-hybridized carbons (Fsp3) is 0.281. The predicted molar refractivity (Wildman–Crippen MR) is 149 cm³/mol. The van der Waals surface area contributed by atoms with Crippen LogP contribution in [0.3, 0.4) is 0 Å². The Morgan fingerprint density at radius 2 is 1.77 bits per heavy atom. The normalized spacial score (nSPS) is 16.3. The summed E-state index contributed by atoms with van der Waals surface area (Å²) in [6.07, 6.45) is 1.33. The summed E-state index contributed by atoms with van der Waals surface area (Å²) in [5.74, 6) is 1.19. The molecule has 1 fully saturated rings. The monoisotopic (exact) mass is 540 g/mol. The predicted octanol–water partition coefficient (Wildman–Crippen LogP) is 5.96. The lowest BCUT2D eigenvalue weighted by Crippen LogP contribution is -2.63. The number of carbonyl (C=O) groups is 2. The molecule has 8 heteroatoms. The Morgan fingerprint density at radius 3 is 2.50 bits per heavy atom. The van der Waals surface area contributed by atoms with E-state index in [1.54, 1.807) is 12.1 Å². The van der Waals surface area contributed by atoms with Gasteiger partial charge in [0.2, 0.25) is 5.89 Å². The van der Waals surface area contributed by atoms with Crippen molar-refractivity contribution >= 4 is 12.1 Å². The lowest BCUT2D eigenvalue weighted by molar-refractivity contribution is -0.150. The van der Waals surface area contributed by atoms with Crippen LogP contribution in [0.1, 0.15) is 29.5 Å². The van der Waals surface area contributed by atoms with Crippen molar-refractivity contribution in [2.75, 3.05) is 13.2 Å². The number of nitrogens with zero attached hydrogens (tertiary/aromatic N) is 2. The van der Waals surface area contributed by atoms with Gasteiger partial charge in [-0.1, -0.05) is 49.4 Å². The zero-order valence-electron chi connectivity index (χ0n) is 22.6. The molecule has 3 aromatic carbocycles. The number of hydrogen-bond acceptors (Lipinski definition) is 6. The van der Waals surface area contributed by atoms with Gasteiger partial charge in [0.25, 0.3) is 0 Å². The fourth-order valence-corrected chi connectivity index (χ4v) is 4.93. The highest BCUT2D eigenvalue weighted by molar-refractivity contribution is 5.83. The first-order chi connectivity index (χ1) is 19.4. The van der Waals surface area contributed by atoms with E-state index in [4.69, 9.17) is 13.9 Å². The summed E-state index contributed by atoms with van der Waals surface area (Å²) in [7, 11) is 0. The molecule has 0 unspecified atom stereocenters. The van der Waals surface area contributed by atoms with E-state index < -0.39 is 18.1 Å². The van der Waals surface area contributed by atoms with E-state index in [1.807, 2.05) is 80.6 Å². The molecule has 40 heavy (non-hydrogen) atoms. The molecule has 0 spiro atoms. The molecule has 0 radical (unpaired) electrons. The van der Waals surface area contributed by atoms with Crippen molar-refractivity contribution in [3.05, 3.63) is 101 Å². The van der Waals surface area contributed by atoms with Gasteiger partial charge in [-0.2, -0.15) is 0 Å². The first-order valence-electron chi connectivity index (χ1n) is 13.4. The molecule has 8 nitrogen and oxygen atoms in total. The molecular weight excluding hydrogens is 508 g/mol. The molecule has 1 amide bonds. The minimum Gasteiger partial charge on any atom is -0.493 e. The Bertz CT molecular complexity index is 1460. The third-order valence-corrected chi connectivity index (χ3v) is 7.16. The number of ether oxygens (including phenoxy) is 2. The third-order valence-electron chi connectivity index (χ3n) is 7.16. The van der Waals surface area contributed by atoms with Crippen molar-refractivity contribution in [1.82, 2.24) is 9.88 Å². The van der Waals surface area contributed by atoms with Crippen LogP contribution in [-0.2, 0) is 24.1 Å². The summed E-state index contributed by atoms with van der Waals surface area (Å²) in [6.45, 7) is 4.67. The van der Waals surface area contributed by atoms with Gasteiger partial charge in [-0.3, -0.25) is 4.90 Å². The average Bonchev–Trinajstić information content (AvgIpc) is 3.31. The van der Waals surface area contributed by atoms with Gasteiger partial charge in [-0.15, -0.1) is 0 Å². The lowest BCUT2D eigenvalue weighted by Gasteiger charge is -2.44. The molecule has 4 aromatic rings. The van der Waals surface area contributed by atoms with Gasteiger partial charge >= 0.3 is 12.1 Å². The molecule has 0 saturated carbocycles. The Labute approximate surface area is 233 Å². The van der Waals surface area contributed by atoms with Crippen LogP contribution < -0.4 is 9.47 Å². The summed E-state index contributed by atoms with van der Waals surface area (Å²) in [5, 5.41) is 9.82. The molecule has 2 atom stereocenters. The van der Waals surface area contributed by atoms with Crippen LogP contribution in [0.15, 0.2) is 83.3 Å². The molecule has 2 heterocycles. The average molecular weight is 541 g/mol. The van der Waals surface area contributed by atoms with Crippen LogP contribution in [0.25, 0.3) is 11.5 Å². The van der Waals surface area contributed by atoms with Crippen LogP contribution in [0.4, 0.5) is 4.79 Å². The van der Waals surface area contributed by atoms with E-state index in [-0.39, 0.29) is 5.92 Å². The van der Waals surface area contributed by atoms with E-state index in [1.165, 1.54) is 4.90 Å². The number of likely N-dealkylation sites (tertiary alicyclic amines) is 1. The van der Waals surface area contributed by atoms with E-state index in [0.717, 1.165) is 34.6 Å². The van der Waals surface area contributed by atoms with Crippen LogP contribution in [0, 0.1) is 12.8 Å². The molecule has 0 bridgehead atoms. The standard InChI is InChI=1S/C32H32N2O6/c1-3-22-12-14-26(15-13-22)40-32(37)34-20-25(29(34)31(35)36)18-23-8-7-11-27(19-23)38-17-16-28-21(2)39-30(33-28)24-9-5-4-6-10-24/h4-15,19,25,29H,3,16-18,20H2,1-2H3,(H,35,36)/t25-,29+/m1/s1. The van der Waals surface area contributed by atoms with Crippen molar-refractivity contribution in [3.8, 4) is 23.0 Å². The molecule has 5 rings (SSSR count). The number of aromatic nitrogens is 1. The molecular formula is C32H32N2O6. The zero-order valence-corrected chi connectivity index (χ0v) is 22.6. The molecule has 1 saturated heterocycles. The van der Waals surface area contributed by atoms with Crippen molar-refractivity contribution in [2.24, 2.45) is 5.92 Å². The molecule has 1 aliphatic rings. The summed E-state index contributed by atoms with van der Waals surface area (Å²) >= 11 is 0. The highest BCUT2D eigenvalue weighted by atomic mass is 16.6. The second-order valence-electron chi connectivity index (χ2n) is 9.90. The Balaban J connectivity index is 1.15. The van der Waals surface area contributed by atoms with Gasteiger partial charge in [0.1, 0.15) is 23.3 Å². The summed E-state index contributed by atoms with van der Waals surface area (Å²) in [4.78, 5) is 30.6. The van der Waals surface area contributed by atoms with Crippen LogP contribution in [0.2, 0.25) is 0 Å². The van der Waals surface area contributed by atoms with E-state index in [0.29, 0.717) is 43.4 Å². The zero-order chi connectivity index (χ0) is 28.1. The topological polar surface area (TPSA) is 102 Å². The van der Waals surface area contributed by atoms with Gasteiger partial charge < -0.3 is 19.0 Å². The Kier molecular flexibility index (Phi) is 8.15. The molecule has 1 N–H and O–H groups in total. The van der Waals surface area contributed by atoms with Crippen molar-refractivity contribution in [3.63, 3.8) is 0 Å². The maximum atomic E-state index is 12.7. The highest BCUT2D eigenvalue weighted by Gasteiger charge is 2.47. The van der Waals surface area contributed by atoms with Gasteiger partial charge in [0.15, 0.2) is 0 Å². The van der Waals surface area contributed by atoms with Crippen LogP contribution >= 0.6 is 0 Å². The number of amides is 1. The first kappa shape index (κ1) is 27.0. The summed E-state index contributed by atoms with van der Waals surface area (Å²) in [5.41, 5.74) is 3.85. The van der Waals surface area contributed by atoms with Crippen LogP contribution in [0.5, 0.6) is 11.5 Å². The molecule has 206 valence electrons. The van der Waals surface area contributed by atoms with Crippen molar-refractivity contribution < 1.29 is 28.6 Å². The number of aryl methyl sites for hydroxylation is 2. The van der Waals surface area contributed by atoms with Gasteiger partial charge in [-0.05, 0) is 67.3 Å². The summed E-state index contributed by atoms with van der Waals surface area (Å²) in [6, 6.07) is 23.7. The van der Waals surface area contributed by atoms with Crippen LogP contribution in [-0.4, -0.2) is 46.2 Å². The Morgan fingerprint density at radius 1 is 1.00 bits per heavy atom. The van der Waals surface area contributed by atoms with Gasteiger partial charge in [0.05, 0.1) is 12.3 Å². The van der Waals surface area contributed by atoms with E-state index >= 15 is 0 Å². The second-order valence-corrected chi connectivity index (χ2v) is 9.90. The van der Waals surface area contributed by atoms with Gasteiger partial charge in [-0.25, -0.2) is 14.6 Å². The third kappa shape index (κ3) is 6.17. The number of rotatable bonds is 10. The number of hydrogen-bond donors (Lipinski definition) is 1. The fourth-order valence-electron chi connectivity index (χ4n) is 4.93. The number of benzene rings is 3. The maximum Gasteiger partial charge on any atom is 0.416 e. The highest BCUT2D eigenvalue weighted by Crippen LogP contribution is 2.31. The largest absolute Gasteiger partial charge is 0.493 e. The summed E-state index contributed by atoms with van der Waals surface area (Å²) < 4.78 is 17.2. The number of carboxylic acid groups (broad SMARTS) is 1.